The number of hydrogen-bond acceptors (Lipinski definition) is 8. The van der Waals surface area contributed by atoms with Crippen LogP contribution < -0.4 is 0 Å². The first kappa shape index (κ1) is 23.1. The standard InChI is InChI=1S/C20H34O8/c1-3-7-19-23-11-15(12-24-19)27-17(21)9-5-6-10-18(22)28-16-13-25-20(8-4-2)26-14-16/h15-16,19-20H,3-14H2,1-2H3. The summed E-state index contributed by atoms with van der Waals surface area (Å²) >= 11 is 0. The second-order valence-corrected chi connectivity index (χ2v) is 7.20. The molecule has 2 aliphatic rings. The van der Waals surface area contributed by atoms with E-state index >= 15 is 0 Å². The van der Waals surface area contributed by atoms with Crippen LogP contribution in [0.25, 0.3) is 0 Å². The molecule has 2 heterocycles. The van der Waals surface area contributed by atoms with E-state index in [9.17, 15) is 9.59 Å². The molecule has 0 aromatic carbocycles. The van der Waals surface area contributed by atoms with E-state index in [0.717, 1.165) is 25.7 Å². The Labute approximate surface area is 167 Å². The molecular weight excluding hydrogens is 368 g/mol. The van der Waals surface area contributed by atoms with Gasteiger partial charge in [0, 0.05) is 12.8 Å². The molecule has 0 radical (unpaired) electrons. The molecule has 0 atom stereocenters. The fourth-order valence-electron chi connectivity index (χ4n) is 3.02. The highest BCUT2D eigenvalue weighted by atomic mass is 16.7. The Bertz CT molecular complexity index is 411. The third-order valence-corrected chi connectivity index (χ3v) is 4.53. The third kappa shape index (κ3) is 8.86. The number of ether oxygens (including phenoxy) is 6. The number of unbranched alkanes of at least 4 members (excludes halogenated alkanes) is 1. The smallest absolute Gasteiger partial charge is 0.306 e. The molecule has 162 valence electrons. The van der Waals surface area contributed by atoms with Gasteiger partial charge in [-0.25, -0.2) is 0 Å². The van der Waals surface area contributed by atoms with E-state index in [0.29, 0.717) is 39.3 Å². The lowest BCUT2D eigenvalue weighted by molar-refractivity contribution is -0.227. The van der Waals surface area contributed by atoms with E-state index in [-0.39, 0.29) is 49.6 Å². The molecular formula is C20H34O8. The van der Waals surface area contributed by atoms with Gasteiger partial charge in [0.1, 0.15) is 12.2 Å². The highest BCUT2D eigenvalue weighted by molar-refractivity contribution is 5.70. The predicted molar refractivity (Wildman–Crippen MR) is 99.4 cm³/mol. The quantitative estimate of drug-likeness (QED) is 0.385. The summed E-state index contributed by atoms with van der Waals surface area (Å²) in [6, 6.07) is 0. The average molecular weight is 402 g/mol. The molecule has 0 spiro atoms. The fraction of sp³-hybridized carbons (Fsp3) is 0.900. The molecule has 2 aliphatic heterocycles. The first-order valence-electron chi connectivity index (χ1n) is 10.5. The van der Waals surface area contributed by atoms with Crippen molar-refractivity contribution in [3.05, 3.63) is 0 Å². The highest BCUT2D eigenvalue weighted by Crippen LogP contribution is 2.15. The Hall–Kier alpha value is -1.22. The maximum Gasteiger partial charge on any atom is 0.306 e. The highest BCUT2D eigenvalue weighted by Gasteiger charge is 2.25. The SMILES string of the molecule is CCCC1OCC(OC(=O)CCCCC(=O)OC2COC(CCC)OC2)CO1. The van der Waals surface area contributed by atoms with Crippen LogP contribution in [-0.4, -0.2) is 63.2 Å². The first-order valence-corrected chi connectivity index (χ1v) is 10.5. The number of rotatable bonds is 11. The first-order chi connectivity index (χ1) is 13.6. The lowest BCUT2D eigenvalue weighted by atomic mass is 10.2. The van der Waals surface area contributed by atoms with Gasteiger partial charge in [-0.15, -0.1) is 0 Å². The van der Waals surface area contributed by atoms with Gasteiger partial charge in [0.05, 0.1) is 26.4 Å². The van der Waals surface area contributed by atoms with Crippen LogP contribution in [0.2, 0.25) is 0 Å². The normalized spacial score (nSPS) is 27.9. The van der Waals surface area contributed by atoms with Crippen molar-refractivity contribution in [3.63, 3.8) is 0 Å². The molecule has 28 heavy (non-hydrogen) atoms. The largest absolute Gasteiger partial charge is 0.457 e. The molecule has 8 heteroatoms. The summed E-state index contributed by atoms with van der Waals surface area (Å²) in [5.41, 5.74) is 0. The third-order valence-electron chi connectivity index (χ3n) is 4.53. The maximum absolute atomic E-state index is 11.9. The summed E-state index contributed by atoms with van der Waals surface area (Å²) in [6.07, 6.45) is 4.22. The molecule has 0 aromatic heterocycles. The van der Waals surface area contributed by atoms with Gasteiger partial charge in [-0.05, 0) is 25.7 Å². The summed E-state index contributed by atoms with van der Waals surface area (Å²) in [6.45, 7) is 5.60. The number of carbonyl (C=O) groups excluding carboxylic acids is 2. The van der Waals surface area contributed by atoms with Crippen LogP contribution in [0.4, 0.5) is 0 Å². The summed E-state index contributed by atoms with van der Waals surface area (Å²) in [5.74, 6) is -0.592. The van der Waals surface area contributed by atoms with Crippen molar-refractivity contribution in [3.8, 4) is 0 Å². The van der Waals surface area contributed by atoms with E-state index in [1.54, 1.807) is 0 Å². The van der Waals surface area contributed by atoms with Crippen LogP contribution >= 0.6 is 0 Å². The van der Waals surface area contributed by atoms with Gasteiger partial charge in [-0.1, -0.05) is 26.7 Å². The molecule has 0 aliphatic carbocycles. The van der Waals surface area contributed by atoms with E-state index in [2.05, 4.69) is 13.8 Å². The van der Waals surface area contributed by atoms with Gasteiger partial charge in [0.15, 0.2) is 12.6 Å². The Kier molecular flexibility index (Phi) is 10.8. The minimum Gasteiger partial charge on any atom is -0.457 e. The Morgan fingerprint density at radius 2 is 1.07 bits per heavy atom. The van der Waals surface area contributed by atoms with Gasteiger partial charge in [0.2, 0.25) is 0 Å². The molecule has 0 N–H and O–H groups in total. The predicted octanol–water partition coefficient (Wildman–Crippen LogP) is 2.72. The van der Waals surface area contributed by atoms with Crippen molar-refractivity contribution in [1.29, 1.82) is 0 Å². The van der Waals surface area contributed by atoms with Gasteiger partial charge in [0.25, 0.3) is 0 Å². The molecule has 2 rings (SSSR count). The van der Waals surface area contributed by atoms with Crippen molar-refractivity contribution >= 4 is 11.9 Å². The molecule has 2 saturated heterocycles. The average Bonchev–Trinajstić information content (AvgIpc) is 2.69. The summed E-state index contributed by atoms with van der Waals surface area (Å²) < 4.78 is 32.7. The minimum absolute atomic E-state index is 0.191. The molecule has 0 aromatic rings. The van der Waals surface area contributed by atoms with Crippen molar-refractivity contribution < 1.29 is 38.0 Å². The fourth-order valence-corrected chi connectivity index (χ4v) is 3.02. The Balaban J connectivity index is 1.48. The van der Waals surface area contributed by atoms with E-state index in [1.807, 2.05) is 0 Å². The van der Waals surface area contributed by atoms with Gasteiger partial charge < -0.3 is 28.4 Å². The lowest BCUT2D eigenvalue weighted by Gasteiger charge is -2.29. The molecule has 0 saturated carbocycles. The Morgan fingerprint density at radius 1 is 0.714 bits per heavy atom. The summed E-state index contributed by atoms with van der Waals surface area (Å²) in [5, 5.41) is 0. The monoisotopic (exact) mass is 402 g/mol. The van der Waals surface area contributed by atoms with Crippen LogP contribution in [0.5, 0.6) is 0 Å². The van der Waals surface area contributed by atoms with E-state index in [4.69, 9.17) is 28.4 Å². The summed E-state index contributed by atoms with van der Waals surface area (Å²) in [7, 11) is 0. The van der Waals surface area contributed by atoms with E-state index in [1.165, 1.54) is 0 Å². The Morgan fingerprint density at radius 3 is 1.39 bits per heavy atom. The second kappa shape index (κ2) is 13.1. The zero-order chi connectivity index (χ0) is 20.2. The lowest BCUT2D eigenvalue weighted by Crippen LogP contribution is -2.38. The van der Waals surface area contributed by atoms with Crippen LogP contribution in [0.1, 0.15) is 65.2 Å². The van der Waals surface area contributed by atoms with Gasteiger partial charge in [-0.3, -0.25) is 9.59 Å². The topological polar surface area (TPSA) is 89.5 Å². The molecule has 0 amide bonds. The second-order valence-electron chi connectivity index (χ2n) is 7.20. The van der Waals surface area contributed by atoms with Crippen molar-refractivity contribution in [2.24, 2.45) is 0 Å². The van der Waals surface area contributed by atoms with Crippen LogP contribution in [0.15, 0.2) is 0 Å². The summed E-state index contributed by atoms with van der Waals surface area (Å²) in [4.78, 5) is 23.8. The number of hydrogen-bond donors (Lipinski definition) is 0. The van der Waals surface area contributed by atoms with Gasteiger partial charge >= 0.3 is 11.9 Å². The minimum atomic E-state index is -0.353. The van der Waals surface area contributed by atoms with Crippen LogP contribution in [0.3, 0.4) is 0 Å². The molecule has 0 unspecified atom stereocenters. The number of esters is 2. The van der Waals surface area contributed by atoms with Crippen molar-refractivity contribution in [2.45, 2.75) is 90.0 Å². The van der Waals surface area contributed by atoms with Crippen molar-refractivity contribution in [2.75, 3.05) is 26.4 Å². The van der Waals surface area contributed by atoms with E-state index < -0.39 is 0 Å². The number of carbonyl (C=O) groups is 2. The van der Waals surface area contributed by atoms with Gasteiger partial charge in [-0.2, -0.15) is 0 Å². The van der Waals surface area contributed by atoms with Crippen molar-refractivity contribution in [1.82, 2.24) is 0 Å². The maximum atomic E-state index is 11.9. The van der Waals surface area contributed by atoms with Crippen LogP contribution in [-0.2, 0) is 38.0 Å². The molecule has 8 nitrogen and oxygen atoms in total. The zero-order valence-corrected chi connectivity index (χ0v) is 17.1. The molecule has 2 fully saturated rings. The zero-order valence-electron chi connectivity index (χ0n) is 17.1. The molecule has 0 bridgehead atoms. The van der Waals surface area contributed by atoms with Crippen LogP contribution in [0, 0.1) is 0 Å².